The minimum absolute atomic E-state index is 1.05. The molecule has 0 amide bonds. The van der Waals surface area contributed by atoms with Crippen LogP contribution in [0.2, 0.25) is 0 Å². The van der Waals surface area contributed by atoms with Crippen LogP contribution in [0.5, 0.6) is 0 Å². The van der Waals surface area contributed by atoms with E-state index in [1.54, 1.807) is 11.3 Å². The second-order valence-corrected chi connectivity index (χ2v) is 5.39. The number of thiophene rings is 1. The molecule has 2 aromatic heterocycles. The van der Waals surface area contributed by atoms with Crippen LogP contribution in [-0.4, -0.2) is 31.2 Å². The minimum atomic E-state index is 1.05. The highest BCUT2D eigenvalue weighted by atomic mass is 32.1. The van der Waals surface area contributed by atoms with Crippen molar-refractivity contribution in [2.45, 2.75) is 6.42 Å². The molecule has 94 valence electrons. The standard InChI is InChI=1S/C14H17N3S/c1-4-12(17-9-3-6-15-8-10-17)14(16-7-1)13-5-2-11-18-13/h1-2,4-5,7,11,15H,3,6,8-10H2. The molecular weight excluding hydrogens is 242 g/mol. The molecule has 2 aromatic rings. The molecule has 1 N–H and O–H groups in total. The van der Waals surface area contributed by atoms with Gasteiger partial charge in [-0.25, -0.2) is 0 Å². The zero-order valence-corrected chi connectivity index (χ0v) is 11.1. The number of hydrogen-bond acceptors (Lipinski definition) is 4. The Morgan fingerprint density at radius 1 is 1.17 bits per heavy atom. The van der Waals surface area contributed by atoms with Gasteiger partial charge in [0, 0.05) is 25.8 Å². The zero-order valence-electron chi connectivity index (χ0n) is 10.3. The van der Waals surface area contributed by atoms with E-state index in [9.17, 15) is 0 Å². The molecule has 1 aliphatic heterocycles. The van der Waals surface area contributed by atoms with Gasteiger partial charge in [-0.3, -0.25) is 4.98 Å². The summed E-state index contributed by atoms with van der Waals surface area (Å²) in [6, 6.07) is 8.45. The number of aromatic nitrogens is 1. The first-order valence-electron chi connectivity index (χ1n) is 6.40. The van der Waals surface area contributed by atoms with E-state index in [2.05, 4.69) is 38.8 Å². The zero-order chi connectivity index (χ0) is 12.2. The van der Waals surface area contributed by atoms with E-state index < -0.39 is 0 Å². The van der Waals surface area contributed by atoms with Crippen LogP contribution >= 0.6 is 11.3 Å². The Morgan fingerprint density at radius 2 is 2.17 bits per heavy atom. The van der Waals surface area contributed by atoms with Gasteiger partial charge in [0.1, 0.15) is 5.69 Å². The summed E-state index contributed by atoms with van der Waals surface area (Å²) in [7, 11) is 0. The molecule has 3 rings (SSSR count). The Morgan fingerprint density at radius 3 is 3.06 bits per heavy atom. The Bertz CT molecular complexity index is 488. The summed E-state index contributed by atoms with van der Waals surface area (Å²) < 4.78 is 0. The lowest BCUT2D eigenvalue weighted by Gasteiger charge is -2.24. The summed E-state index contributed by atoms with van der Waals surface area (Å²) in [4.78, 5) is 8.27. The average molecular weight is 259 g/mol. The smallest absolute Gasteiger partial charge is 0.103 e. The Kier molecular flexibility index (Phi) is 3.57. The summed E-state index contributed by atoms with van der Waals surface area (Å²) >= 11 is 1.75. The van der Waals surface area contributed by atoms with Crippen molar-refractivity contribution < 1.29 is 0 Å². The lowest BCUT2D eigenvalue weighted by molar-refractivity contribution is 0.724. The van der Waals surface area contributed by atoms with Crippen LogP contribution in [0.15, 0.2) is 35.8 Å². The average Bonchev–Trinajstić information content (AvgIpc) is 2.81. The summed E-state index contributed by atoms with van der Waals surface area (Å²) in [5, 5.41) is 5.55. The molecule has 0 saturated carbocycles. The number of nitrogens with one attached hydrogen (secondary N) is 1. The molecular formula is C14H17N3S. The van der Waals surface area contributed by atoms with Crippen LogP contribution in [0.1, 0.15) is 6.42 Å². The van der Waals surface area contributed by atoms with Crippen LogP contribution in [0, 0.1) is 0 Å². The van der Waals surface area contributed by atoms with Crippen molar-refractivity contribution in [3.63, 3.8) is 0 Å². The molecule has 4 heteroatoms. The topological polar surface area (TPSA) is 28.2 Å². The molecule has 0 atom stereocenters. The molecule has 0 bridgehead atoms. The first-order chi connectivity index (χ1) is 8.95. The van der Waals surface area contributed by atoms with Gasteiger partial charge in [-0.05, 0) is 36.5 Å². The van der Waals surface area contributed by atoms with Gasteiger partial charge in [0.05, 0.1) is 10.6 Å². The summed E-state index contributed by atoms with van der Waals surface area (Å²) in [5.74, 6) is 0. The lowest BCUT2D eigenvalue weighted by Crippen LogP contribution is -2.28. The quantitative estimate of drug-likeness (QED) is 0.898. The molecule has 0 unspecified atom stereocenters. The molecule has 0 aliphatic carbocycles. The molecule has 1 aliphatic rings. The lowest BCUT2D eigenvalue weighted by atomic mass is 10.2. The first kappa shape index (κ1) is 11.7. The van der Waals surface area contributed by atoms with Gasteiger partial charge in [0.15, 0.2) is 0 Å². The molecule has 3 heterocycles. The van der Waals surface area contributed by atoms with Crippen molar-refractivity contribution >= 4 is 17.0 Å². The molecule has 0 spiro atoms. The van der Waals surface area contributed by atoms with Crippen molar-refractivity contribution in [3.8, 4) is 10.6 Å². The van der Waals surface area contributed by atoms with Crippen LogP contribution in [0.3, 0.4) is 0 Å². The molecule has 0 aromatic carbocycles. The number of pyridine rings is 1. The van der Waals surface area contributed by atoms with Gasteiger partial charge in [-0.15, -0.1) is 11.3 Å². The van der Waals surface area contributed by atoms with Crippen molar-refractivity contribution in [1.29, 1.82) is 0 Å². The van der Waals surface area contributed by atoms with Crippen LogP contribution < -0.4 is 10.2 Å². The third kappa shape index (κ3) is 2.40. The highest BCUT2D eigenvalue weighted by Gasteiger charge is 2.15. The maximum absolute atomic E-state index is 4.58. The normalized spacial score (nSPS) is 16.6. The molecule has 1 fully saturated rings. The van der Waals surface area contributed by atoms with E-state index >= 15 is 0 Å². The number of anilines is 1. The fourth-order valence-electron chi connectivity index (χ4n) is 2.34. The molecule has 1 saturated heterocycles. The summed E-state index contributed by atoms with van der Waals surface area (Å²) in [6.45, 7) is 4.34. The van der Waals surface area contributed by atoms with Gasteiger partial charge in [0.25, 0.3) is 0 Å². The van der Waals surface area contributed by atoms with Gasteiger partial charge in [0.2, 0.25) is 0 Å². The molecule has 18 heavy (non-hydrogen) atoms. The maximum Gasteiger partial charge on any atom is 0.103 e. The van der Waals surface area contributed by atoms with E-state index in [4.69, 9.17) is 0 Å². The van der Waals surface area contributed by atoms with Gasteiger partial charge in [-0.1, -0.05) is 6.07 Å². The predicted octanol–water partition coefficient (Wildman–Crippen LogP) is 2.61. The maximum atomic E-state index is 4.58. The molecule has 3 nitrogen and oxygen atoms in total. The van der Waals surface area contributed by atoms with E-state index in [1.165, 1.54) is 17.0 Å². The predicted molar refractivity (Wildman–Crippen MR) is 77.2 cm³/mol. The highest BCUT2D eigenvalue weighted by molar-refractivity contribution is 7.13. The summed E-state index contributed by atoms with van der Waals surface area (Å²) in [6.07, 6.45) is 3.08. The van der Waals surface area contributed by atoms with E-state index in [1.807, 2.05) is 12.3 Å². The number of rotatable bonds is 2. The largest absolute Gasteiger partial charge is 0.368 e. The minimum Gasteiger partial charge on any atom is -0.368 e. The van der Waals surface area contributed by atoms with Crippen LogP contribution in [0.25, 0.3) is 10.6 Å². The van der Waals surface area contributed by atoms with Crippen molar-refractivity contribution in [2.24, 2.45) is 0 Å². The van der Waals surface area contributed by atoms with Crippen LogP contribution in [-0.2, 0) is 0 Å². The fraction of sp³-hybridized carbons (Fsp3) is 0.357. The SMILES string of the molecule is c1csc(-c2ncccc2N2CCCNCC2)c1. The van der Waals surface area contributed by atoms with Gasteiger partial charge in [-0.2, -0.15) is 0 Å². The van der Waals surface area contributed by atoms with Crippen molar-refractivity contribution in [3.05, 3.63) is 35.8 Å². The van der Waals surface area contributed by atoms with Crippen molar-refractivity contribution in [2.75, 3.05) is 31.1 Å². The van der Waals surface area contributed by atoms with Crippen LogP contribution in [0.4, 0.5) is 5.69 Å². The third-order valence-electron chi connectivity index (χ3n) is 3.22. The highest BCUT2D eigenvalue weighted by Crippen LogP contribution is 2.31. The van der Waals surface area contributed by atoms with Crippen molar-refractivity contribution in [1.82, 2.24) is 10.3 Å². The van der Waals surface area contributed by atoms with E-state index in [-0.39, 0.29) is 0 Å². The Labute approximate surface area is 111 Å². The van der Waals surface area contributed by atoms with E-state index in [0.29, 0.717) is 0 Å². The monoisotopic (exact) mass is 259 g/mol. The van der Waals surface area contributed by atoms with Gasteiger partial charge < -0.3 is 10.2 Å². The Balaban J connectivity index is 1.95. The molecule has 0 radical (unpaired) electrons. The van der Waals surface area contributed by atoms with E-state index in [0.717, 1.165) is 31.9 Å². The Hall–Kier alpha value is -1.39. The van der Waals surface area contributed by atoms with Gasteiger partial charge >= 0.3 is 0 Å². The number of nitrogens with zero attached hydrogens (tertiary/aromatic N) is 2. The fourth-order valence-corrected chi connectivity index (χ4v) is 3.07. The number of hydrogen-bond donors (Lipinski definition) is 1. The third-order valence-corrected chi connectivity index (χ3v) is 4.10. The second kappa shape index (κ2) is 5.50. The first-order valence-corrected chi connectivity index (χ1v) is 7.28. The summed E-state index contributed by atoms with van der Waals surface area (Å²) in [5.41, 5.74) is 2.39. The second-order valence-electron chi connectivity index (χ2n) is 4.44.